The van der Waals surface area contributed by atoms with E-state index in [1.165, 1.54) is 26.4 Å². The molecular weight excluding hydrogens is 241 g/mol. The van der Waals surface area contributed by atoms with E-state index in [-0.39, 0.29) is 29.6 Å². The van der Waals surface area contributed by atoms with Crippen LogP contribution in [0.25, 0.3) is 11.4 Å². The molecule has 0 fully saturated rings. The zero-order valence-electron chi connectivity index (χ0n) is 9.94. The van der Waals surface area contributed by atoms with Crippen molar-refractivity contribution in [3.63, 3.8) is 0 Å². The van der Waals surface area contributed by atoms with Gasteiger partial charge in [0.05, 0.1) is 20.8 Å². The zero-order chi connectivity index (χ0) is 13.1. The van der Waals surface area contributed by atoms with Gasteiger partial charge in [0, 0.05) is 12.1 Å². The third-order valence-electron chi connectivity index (χ3n) is 2.35. The second-order valence-electron chi connectivity index (χ2n) is 3.40. The summed E-state index contributed by atoms with van der Waals surface area (Å²) in [7, 11) is 2.86. The Morgan fingerprint density at radius 3 is 2.67 bits per heavy atom. The minimum Gasteiger partial charge on any atom is -0.497 e. The van der Waals surface area contributed by atoms with Crippen LogP contribution >= 0.6 is 0 Å². The summed E-state index contributed by atoms with van der Waals surface area (Å²) in [5, 5.41) is 3.66. The van der Waals surface area contributed by atoms with Crippen molar-refractivity contribution in [1.82, 2.24) is 10.1 Å². The molecule has 0 unspecified atom stereocenters. The van der Waals surface area contributed by atoms with E-state index in [9.17, 15) is 4.39 Å². The molecule has 0 saturated carbocycles. The second-order valence-corrected chi connectivity index (χ2v) is 3.40. The highest BCUT2D eigenvalue weighted by atomic mass is 19.1. The van der Waals surface area contributed by atoms with Crippen molar-refractivity contribution in [3.8, 4) is 22.9 Å². The van der Waals surface area contributed by atoms with Crippen LogP contribution in [-0.4, -0.2) is 24.4 Å². The molecule has 0 atom stereocenters. The number of methoxy groups -OCH3 is 2. The van der Waals surface area contributed by atoms with Crippen LogP contribution < -0.4 is 15.2 Å². The predicted octanol–water partition coefficient (Wildman–Crippen LogP) is 1.35. The van der Waals surface area contributed by atoms with Crippen LogP contribution in [0, 0.1) is 5.82 Å². The Labute approximate surface area is 103 Å². The monoisotopic (exact) mass is 253 g/mol. The number of benzene rings is 1. The van der Waals surface area contributed by atoms with Crippen LogP contribution in [0.1, 0.15) is 5.89 Å². The molecule has 6 nitrogen and oxygen atoms in total. The van der Waals surface area contributed by atoms with Crippen molar-refractivity contribution in [2.24, 2.45) is 5.73 Å². The maximum Gasteiger partial charge on any atom is 0.240 e. The average Bonchev–Trinajstić information content (AvgIpc) is 2.85. The summed E-state index contributed by atoms with van der Waals surface area (Å²) < 4.78 is 28.9. The van der Waals surface area contributed by atoms with E-state index in [2.05, 4.69) is 10.1 Å². The lowest BCUT2D eigenvalue weighted by Gasteiger charge is -2.08. The molecule has 18 heavy (non-hydrogen) atoms. The topological polar surface area (TPSA) is 83.4 Å². The minimum atomic E-state index is -0.560. The Hall–Kier alpha value is -2.15. The van der Waals surface area contributed by atoms with Crippen molar-refractivity contribution >= 4 is 0 Å². The third kappa shape index (κ3) is 2.12. The van der Waals surface area contributed by atoms with E-state index in [0.717, 1.165) is 0 Å². The van der Waals surface area contributed by atoms with Crippen LogP contribution in [0.3, 0.4) is 0 Å². The van der Waals surface area contributed by atoms with E-state index in [0.29, 0.717) is 5.75 Å². The van der Waals surface area contributed by atoms with Gasteiger partial charge in [-0.15, -0.1) is 0 Å². The number of aromatic nitrogens is 2. The molecule has 7 heteroatoms. The highest BCUT2D eigenvalue weighted by Crippen LogP contribution is 2.34. The molecule has 0 saturated heterocycles. The van der Waals surface area contributed by atoms with Crippen molar-refractivity contribution in [2.45, 2.75) is 6.54 Å². The van der Waals surface area contributed by atoms with E-state index in [1.54, 1.807) is 0 Å². The molecular formula is C11H12FN3O3. The van der Waals surface area contributed by atoms with Gasteiger partial charge in [-0.3, -0.25) is 0 Å². The Kier molecular flexibility index (Phi) is 3.42. The van der Waals surface area contributed by atoms with Crippen molar-refractivity contribution in [1.29, 1.82) is 0 Å². The van der Waals surface area contributed by atoms with Gasteiger partial charge in [0.15, 0.2) is 0 Å². The lowest BCUT2D eigenvalue weighted by molar-refractivity contribution is 0.377. The second kappa shape index (κ2) is 5.01. The highest BCUT2D eigenvalue weighted by Gasteiger charge is 2.19. The normalized spacial score (nSPS) is 10.4. The van der Waals surface area contributed by atoms with Gasteiger partial charge in [-0.2, -0.15) is 4.98 Å². The van der Waals surface area contributed by atoms with Crippen molar-refractivity contribution < 1.29 is 18.4 Å². The smallest absolute Gasteiger partial charge is 0.240 e. The Balaban J connectivity index is 2.55. The fourth-order valence-electron chi connectivity index (χ4n) is 1.49. The molecule has 2 aromatic rings. The number of nitrogens with zero attached hydrogens (tertiary/aromatic N) is 2. The summed E-state index contributed by atoms with van der Waals surface area (Å²) in [6.45, 7) is 0.0904. The fourth-order valence-corrected chi connectivity index (χ4v) is 1.49. The molecule has 96 valence electrons. The van der Waals surface area contributed by atoms with Crippen LogP contribution in [0.2, 0.25) is 0 Å². The molecule has 1 aromatic heterocycles. The predicted molar refractivity (Wildman–Crippen MR) is 60.7 cm³/mol. The fraction of sp³-hybridized carbons (Fsp3) is 0.273. The van der Waals surface area contributed by atoms with Gasteiger partial charge in [-0.05, 0) is 0 Å². The van der Waals surface area contributed by atoms with E-state index in [4.69, 9.17) is 19.7 Å². The first-order chi connectivity index (χ1) is 8.69. The standard InChI is InChI=1S/C11H12FN3O3/c1-16-6-3-7(12)10(8(4-6)17-2)11-14-9(5-13)18-15-11/h3-4H,5,13H2,1-2H3. The van der Waals surface area contributed by atoms with Crippen LogP contribution in [0.4, 0.5) is 4.39 Å². The Morgan fingerprint density at radius 1 is 1.33 bits per heavy atom. The van der Waals surface area contributed by atoms with E-state index in [1.807, 2.05) is 0 Å². The van der Waals surface area contributed by atoms with E-state index < -0.39 is 5.82 Å². The first-order valence-corrected chi connectivity index (χ1v) is 5.14. The highest BCUT2D eigenvalue weighted by molar-refractivity contribution is 5.66. The lowest BCUT2D eigenvalue weighted by Crippen LogP contribution is -1.97. The summed E-state index contributed by atoms with van der Waals surface area (Å²) in [6, 6.07) is 2.76. The zero-order valence-corrected chi connectivity index (χ0v) is 9.94. The Morgan fingerprint density at radius 2 is 2.11 bits per heavy atom. The minimum absolute atomic E-state index is 0.0902. The lowest BCUT2D eigenvalue weighted by atomic mass is 10.1. The molecule has 0 aliphatic carbocycles. The summed E-state index contributed by atoms with van der Waals surface area (Å²) >= 11 is 0. The van der Waals surface area contributed by atoms with Crippen molar-refractivity contribution in [3.05, 3.63) is 23.8 Å². The van der Waals surface area contributed by atoms with Gasteiger partial charge in [0.25, 0.3) is 0 Å². The van der Waals surface area contributed by atoms with Gasteiger partial charge in [-0.1, -0.05) is 5.16 Å². The first-order valence-electron chi connectivity index (χ1n) is 5.14. The maximum absolute atomic E-state index is 14.0. The Bertz CT molecular complexity index is 556. The van der Waals surface area contributed by atoms with Crippen molar-refractivity contribution in [2.75, 3.05) is 14.2 Å². The number of hydrogen-bond donors (Lipinski definition) is 1. The third-order valence-corrected chi connectivity index (χ3v) is 2.35. The summed E-state index contributed by atoms with van der Waals surface area (Å²) in [4.78, 5) is 3.96. The molecule has 1 heterocycles. The van der Waals surface area contributed by atoms with Gasteiger partial charge in [0.1, 0.15) is 22.9 Å². The number of hydrogen-bond acceptors (Lipinski definition) is 6. The van der Waals surface area contributed by atoms with Gasteiger partial charge in [-0.25, -0.2) is 4.39 Å². The van der Waals surface area contributed by atoms with Crippen LogP contribution in [0.5, 0.6) is 11.5 Å². The van der Waals surface area contributed by atoms with Gasteiger partial charge < -0.3 is 19.7 Å². The molecule has 0 aliphatic heterocycles. The van der Waals surface area contributed by atoms with E-state index >= 15 is 0 Å². The first kappa shape index (κ1) is 12.3. The average molecular weight is 253 g/mol. The largest absolute Gasteiger partial charge is 0.497 e. The molecule has 0 aliphatic rings. The van der Waals surface area contributed by atoms with Crippen LogP contribution in [0.15, 0.2) is 16.7 Å². The quantitative estimate of drug-likeness (QED) is 0.885. The molecule has 2 N–H and O–H groups in total. The SMILES string of the molecule is COc1cc(F)c(-c2noc(CN)n2)c(OC)c1. The van der Waals surface area contributed by atoms with Gasteiger partial charge in [0.2, 0.25) is 11.7 Å². The summed E-state index contributed by atoms with van der Waals surface area (Å²) in [5.41, 5.74) is 5.47. The number of rotatable bonds is 4. The molecule has 0 radical (unpaired) electrons. The number of halogens is 1. The molecule has 0 bridgehead atoms. The van der Waals surface area contributed by atoms with Gasteiger partial charge >= 0.3 is 0 Å². The summed E-state index contributed by atoms with van der Waals surface area (Å²) in [5.74, 6) is 0.358. The number of nitrogens with two attached hydrogens (primary N) is 1. The summed E-state index contributed by atoms with van der Waals surface area (Å²) in [6.07, 6.45) is 0. The maximum atomic E-state index is 14.0. The molecule has 0 amide bonds. The molecule has 0 spiro atoms. The molecule has 1 aromatic carbocycles. The van der Waals surface area contributed by atoms with Crippen LogP contribution in [-0.2, 0) is 6.54 Å². The molecule has 2 rings (SSSR count). The number of ether oxygens (including phenoxy) is 2.